The van der Waals surface area contributed by atoms with Crippen molar-refractivity contribution in [3.05, 3.63) is 18.0 Å². The highest BCUT2D eigenvalue weighted by Crippen LogP contribution is 2.38. The summed E-state index contributed by atoms with van der Waals surface area (Å²) < 4.78 is 0. The van der Waals surface area contributed by atoms with Crippen LogP contribution >= 0.6 is 0 Å². The van der Waals surface area contributed by atoms with Gasteiger partial charge in [-0.05, 0) is 39.8 Å². The Morgan fingerprint density at radius 3 is 2.68 bits per heavy atom. The fourth-order valence-electron chi connectivity index (χ4n) is 3.74. The fraction of sp³-hybridized carbons (Fsp3) is 0.688. The second-order valence-electron chi connectivity index (χ2n) is 6.64. The van der Waals surface area contributed by atoms with Crippen LogP contribution in [0.4, 0.5) is 5.95 Å². The number of nitrogens with zero attached hydrogens (tertiary/aromatic N) is 4. The van der Waals surface area contributed by atoms with Gasteiger partial charge in [0, 0.05) is 44.0 Å². The van der Waals surface area contributed by atoms with Crippen molar-refractivity contribution in [2.45, 2.75) is 26.2 Å². The number of aromatic nitrogens is 2. The highest BCUT2D eigenvalue weighted by molar-refractivity contribution is 5.93. The van der Waals surface area contributed by atoms with Gasteiger partial charge < -0.3 is 15.1 Å². The summed E-state index contributed by atoms with van der Waals surface area (Å²) in [6.45, 7) is 6.73. The molecule has 0 aromatic carbocycles. The maximum Gasteiger partial charge on any atom is 0.257 e. The van der Waals surface area contributed by atoms with E-state index in [0.29, 0.717) is 16.9 Å². The molecule has 6 nitrogen and oxygen atoms in total. The van der Waals surface area contributed by atoms with E-state index in [1.807, 2.05) is 11.8 Å². The summed E-state index contributed by atoms with van der Waals surface area (Å²) in [6.07, 6.45) is 6.79. The monoisotopic (exact) mass is 303 g/mol. The van der Waals surface area contributed by atoms with Crippen molar-refractivity contribution in [2.75, 3.05) is 45.1 Å². The predicted molar refractivity (Wildman–Crippen MR) is 85.9 cm³/mol. The first kappa shape index (κ1) is 15.2. The van der Waals surface area contributed by atoms with Crippen LogP contribution in [0.25, 0.3) is 0 Å². The molecule has 2 fully saturated rings. The summed E-state index contributed by atoms with van der Waals surface area (Å²) in [5, 5.41) is 3.05. The molecule has 3 heterocycles. The average molecular weight is 303 g/mol. The summed E-state index contributed by atoms with van der Waals surface area (Å²) in [5.74, 6) is 0.642. The maximum absolute atomic E-state index is 12.7. The fourth-order valence-corrected chi connectivity index (χ4v) is 3.74. The minimum Gasteiger partial charge on any atom is -0.355 e. The molecule has 0 aliphatic carbocycles. The number of anilines is 1. The molecule has 3 rings (SSSR count). The Morgan fingerprint density at radius 1 is 1.27 bits per heavy atom. The summed E-state index contributed by atoms with van der Waals surface area (Å²) in [6, 6.07) is 0. The molecular formula is C16H25N5O. The van der Waals surface area contributed by atoms with Crippen molar-refractivity contribution in [1.82, 2.24) is 19.8 Å². The zero-order chi connectivity index (χ0) is 15.6. The lowest BCUT2D eigenvalue weighted by molar-refractivity contribution is 0.0534. The first-order valence-corrected chi connectivity index (χ1v) is 8.16. The highest BCUT2D eigenvalue weighted by atomic mass is 16.2. The number of nitrogens with one attached hydrogen (secondary N) is 1. The van der Waals surface area contributed by atoms with Crippen LogP contribution in [-0.2, 0) is 0 Å². The summed E-state index contributed by atoms with van der Waals surface area (Å²) in [5.41, 5.74) is 0.887. The summed E-state index contributed by atoms with van der Waals surface area (Å²) in [7, 11) is 2.17. The number of amides is 1. The Balaban J connectivity index is 1.69. The third-order valence-electron chi connectivity index (χ3n) is 4.81. The molecule has 22 heavy (non-hydrogen) atoms. The highest BCUT2D eigenvalue weighted by Gasteiger charge is 2.41. The van der Waals surface area contributed by atoms with E-state index in [0.717, 1.165) is 39.1 Å². The molecule has 1 aromatic heterocycles. The van der Waals surface area contributed by atoms with Gasteiger partial charge in [0.2, 0.25) is 5.95 Å². The first-order chi connectivity index (χ1) is 10.6. The SMILES string of the molecule is CCNc1ncc(C(=O)N2CCC[C@]3(CCN(C)C3)C2)cn1. The second kappa shape index (κ2) is 6.20. The number of carbonyl (C=O) groups excluding carboxylic acids is 1. The Morgan fingerprint density at radius 2 is 2.05 bits per heavy atom. The standard InChI is InChI=1S/C16H25N5O/c1-3-17-15-18-9-13(10-19-15)14(22)21-7-4-5-16(12-21)6-8-20(2)11-16/h9-10H,3-8,11-12H2,1-2H3,(H,17,18,19)/t16-/m1/s1. The van der Waals surface area contributed by atoms with Crippen LogP contribution in [-0.4, -0.2) is 65.4 Å². The van der Waals surface area contributed by atoms with Gasteiger partial charge >= 0.3 is 0 Å². The molecule has 1 N–H and O–H groups in total. The molecule has 1 atom stereocenters. The molecule has 2 aliphatic heterocycles. The Hall–Kier alpha value is -1.69. The van der Waals surface area contributed by atoms with Crippen LogP contribution < -0.4 is 5.32 Å². The van der Waals surface area contributed by atoms with E-state index in [1.54, 1.807) is 12.4 Å². The zero-order valence-electron chi connectivity index (χ0n) is 13.5. The average Bonchev–Trinajstić information content (AvgIpc) is 2.88. The van der Waals surface area contributed by atoms with E-state index < -0.39 is 0 Å². The molecule has 6 heteroatoms. The van der Waals surface area contributed by atoms with Gasteiger partial charge in [-0.1, -0.05) is 0 Å². The van der Waals surface area contributed by atoms with Crippen LogP contribution in [0.1, 0.15) is 36.5 Å². The summed E-state index contributed by atoms with van der Waals surface area (Å²) >= 11 is 0. The van der Waals surface area contributed by atoms with Gasteiger partial charge in [0.15, 0.2) is 0 Å². The number of hydrogen-bond acceptors (Lipinski definition) is 5. The Labute approximate surface area is 131 Å². The third-order valence-corrected chi connectivity index (χ3v) is 4.81. The van der Waals surface area contributed by atoms with E-state index in [9.17, 15) is 4.79 Å². The van der Waals surface area contributed by atoms with Crippen LogP contribution in [0.2, 0.25) is 0 Å². The number of piperidine rings is 1. The molecule has 1 aromatic rings. The molecular weight excluding hydrogens is 278 g/mol. The first-order valence-electron chi connectivity index (χ1n) is 8.16. The number of likely N-dealkylation sites (tertiary alicyclic amines) is 2. The van der Waals surface area contributed by atoms with Gasteiger partial charge in [-0.15, -0.1) is 0 Å². The van der Waals surface area contributed by atoms with E-state index in [4.69, 9.17) is 0 Å². The largest absolute Gasteiger partial charge is 0.355 e. The quantitative estimate of drug-likeness (QED) is 0.916. The predicted octanol–water partition coefficient (Wildman–Crippen LogP) is 1.47. The lowest BCUT2D eigenvalue weighted by Crippen LogP contribution is -2.47. The molecule has 2 aliphatic rings. The molecule has 1 spiro atoms. The molecule has 1 amide bonds. The second-order valence-corrected chi connectivity index (χ2v) is 6.64. The molecule has 0 unspecified atom stereocenters. The number of hydrogen-bond donors (Lipinski definition) is 1. The van der Waals surface area contributed by atoms with Crippen LogP contribution in [0, 0.1) is 5.41 Å². The topological polar surface area (TPSA) is 61.4 Å². The Kier molecular flexibility index (Phi) is 4.29. The third kappa shape index (κ3) is 3.06. The minimum absolute atomic E-state index is 0.0664. The van der Waals surface area contributed by atoms with Crippen molar-refractivity contribution in [3.8, 4) is 0 Å². The van der Waals surface area contributed by atoms with Gasteiger partial charge in [-0.2, -0.15) is 0 Å². The van der Waals surface area contributed by atoms with Gasteiger partial charge in [0.1, 0.15) is 0 Å². The van der Waals surface area contributed by atoms with E-state index in [-0.39, 0.29) is 5.91 Å². The lowest BCUT2D eigenvalue weighted by Gasteiger charge is -2.40. The van der Waals surface area contributed by atoms with Crippen molar-refractivity contribution in [2.24, 2.45) is 5.41 Å². The molecule has 120 valence electrons. The zero-order valence-corrected chi connectivity index (χ0v) is 13.5. The van der Waals surface area contributed by atoms with Crippen LogP contribution in [0.3, 0.4) is 0 Å². The molecule has 2 saturated heterocycles. The number of carbonyl (C=O) groups is 1. The lowest BCUT2D eigenvalue weighted by atomic mass is 9.79. The van der Waals surface area contributed by atoms with Crippen molar-refractivity contribution < 1.29 is 4.79 Å². The van der Waals surface area contributed by atoms with E-state index in [2.05, 4.69) is 27.2 Å². The van der Waals surface area contributed by atoms with Crippen molar-refractivity contribution in [1.29, 1.82) is 0 Å². The van der Waals surface area contributed by atoms with Crippen molar-refractivity contribution >= 4 is 11.9 Å². The van der Waals surface area contributed by atoms with Gasteiger partial charge in [-0.3, -0.25) is 4.79 Å². The van der Waals surface area contributed by atoms with Crippen LogP contribution in [0.5, 0.6) is 0 Å². The summed E-state index contributed by atoms with van der Waals surface area (Å²) in [4.78, 5) is 25.5. The minimum atomic E-state index is 0.0664. The van der Waals surface area contributed by atoms with E-state index >= 15 is 0 Å². The van der Waals surface area contributed by atoms with Gasteiger partial charge in [-0.25, -0.2) is 9.97 Å². The van der Waals surface area contributed by atoms with E-state index in [1.165, 1.54) is 12.8 Å². The number of rotatable bonds is 3. The van der Waals surface area contributed by atoms with Crippen LogP contribution in [0.15, 0.2) is 12.4 Å². The smallest absolute Gasteiger partial charge is 0.257 e. The van der Waals surface area contributed by atoms with Crippen molar-refractivity contribution in [3.63, 3.8) is 0 Å². The molecule has 0 radical (unpaired) electrons. The molecule has 0 saturated carbocycles. The van der Waals surface area contributed by atoms with Gasteiger partial charge in [0.25, 0.3) is 5.91 Å². The maximum atomic E-state index is 12.7. The molecule has 0 bridgehead atoms. The Bertz CT molecular complexity index is 528. The van der Waals surface area contributed by atoms with Gasteiger partial charge in [0.05, 0.1) is 5.56 Å². The normalized spacial score (nSPS) is 25.6.